The number of nitrogens with zero attached hydrogens (tertiary/aromatic N) is 3. The van der Waals surface area contributed by atoms with E-state index >= 15 is 0 Å². The summed E-state index contributed by atoms with van der Waals surface area (Å²) in [6, 6.07) is 7.81. The van der Waals surface area contributed by atoms with Gasteiger partial charge in [-0.1, -0.05) is 34.9 Å². The van der Waals surface area contributed by atoms with Gasteiger partial charge in [-0.25, -0.2) is 0 Å². The van der Waals surface area contributed by atoms with Crippen LogP contribution in [0.15, 0.2) is 30.6 Å². The second kappa shape index (κ2) is 2.65. The molecule has 5 heteroatoms. The maximum atomic E-state index is 6.02. The molecule has 68 valence electrons. The Labute approximate surface area is 84.1 Å². The van der Waals surface area contributed by atoms with E-state index in [0.717, 1.165) is 16.4 Å². The summed E-state index contributed by atoms with van der Waals surface area (Å²) in [6.45, 7) is 0. The van der Waals surface area contributed by atoms with Gasteiger partial charge in [0.1, 0.15) is 0 Å². The van der Waals surface area contributed by atoms with Crippen molar-refractivity contribution < 1.29 is 4.52 Å². The lowest BCUT2D eigenvalue weighted by atomic mass is 10.2. The smallest absolute Gasteiger partial charge is 0.119 e. The largest absolute Gasteiger partial charge is 0.289 e. The molecule has 0 saturated carbocycles. The van der Waals surface area contributed by atoms with Crippen LogP contribution in [-0.4, -0.2) is 15.3 Å². The van der Waals surface area contributed by atoms with Crippen LogP contribution in [0.1, 0.15) is 0 Å². The minimum absolute atomic E-state index is 0.486. The van der Waals surface area contributed by atoms with E-state index in [1.807, 2.05) is 24.3 Å². The number of nitrogens with one attached hydrogen (secondary N) is 1. The van der Waals surface area contributed by atoms with Crippen molar-refractivity contribution in [3.05, 3.63) is 35.7 Å². The normalized spacial score (nSPS) is 11.2. The van der Waals surface area contributed by atoms with Crippen LogP contribution in [0.2, 0.25) is 5.15 Å². The predicted octanol–water partition coefficient (Wildman–Crippen LogP) is 1.35. The molecule has 2 heterocycles. The van der Waals surface area contributed by atoms with Gasteiger partial charge in [0.2, 0.25) is 0 Å². The topological polar surface area (TPSA) is 45.7 Å². The first-order valence-electron chi connectivity index (χ1n) is 4.15. The third-order valence-corrected chi connectivity index (χ3v) is 2.45. The minimum atomic E-state index is 0.486. The number of aromatic nitrogens is 4. The molecule has 2 aromatic heterocycles. The summed E-state index contributed by atoms with van der Waals surface area (Å²) in [4.78, 5) is 0. The van der Waals surface area contributed by atoms with Gasteiger partial charge in [0, 0.05) is 10.5 Å². The van der Waals surface area contributed by atoms with Gasteiger partial charge >= 0.3 is 0 Å². The summed E-state index contributed by atoms with van der Waals surface area (Å²) in [6.07, 6.45) is 1.59. The molecule has 0 fully saturated rings. The molecule has 14 heavy (non-hydrogen) atoms. The van der Waals surface area contributed by atoms with Crippen molar-refractivity contribution in [2.75, 3.05) is 0 Å². The minimum Gasteiger partial charge on any atom is -0.119 e. The van der Waals surface area contributed by atoms with Gasteiger partial charge in [-0.15, -0.1) is 9.61 Å². The molecular formula is C9H6ClN4+. The second-order valence-corrected chi connectivity index (χ2v) is 3.34. The molecule has 3 aromatic rings. The van der Waals surface area contributed by atoms with Crippen LogP contribution in [-0.2, 0) is 0 Å². The van der Waals surface area contributed by atoms with E-state index in [1.54, 1.807) is 10.8 Å². The molecule has 3 rings (SSSR count). The zero-order valence-electron chi connectivity index (χ0n) is 7.11. The fraction of sp³-hybridized carbons (Fsp3) is 0. The summed E-state index contributed by atoms with van der Waals surface area (Å²) in [7, 11) is 0. The number of fused-ring (bicyclic) bond motifs is 3. The van der Waals surface area contributed by atoms with E-state index < -0.39 is 0 Å². The summed E-state index contributed by atoms with van der Waals surface area (Å²) >= 11 is 6.02. The SMILES string of the molecule is Clc1n[n+]2cn[nH]c2c2ccccc12. The summed E-state index contributed by atoms with van der Waals surface area (Å²) in [5, 5.41) is 13.4. The van der Waals surface area contributed by atoms with Gasteiger partial charge in [-0.3, -0.25) is 0 Å². The van der Waals surface area contributed by atoms with Crippen LogP contribution in [0.25, 0.3) is 16.4 Å². The number of benzene rings is 1. The van der Waals surface area contributed by atoms with Gasteiger partial charge in [0.05, 0.1) is 5.39 Å². The number of rotatable bonds is 0. The Morgan fingerprint density at radius 2 is 2.00 bits per heavy atom. The lowest BCUT2D eigenvalue weighted by molar-refractivity contribution is -0.579. The van der Waals surface area contributed by atoms with Crippen molar-refractivity contribution in [1.82, 2.24) is 15.3 Å². The van der Waals surface area contributed by atoms with E-state index in [-0.39, 0.29) is 0 Å². The Balaban J connectivity index is 2.67. The highest BCUT2D eigenvalue weighted by Crippen LogP contribution is 2.20. The predicted molar refractivity (Wildman–Crippen MR) is 52.1 cm³/mol. The lowest BCUT2D eigenvalue weighted by Crippen LogP contribution is -2.24. The highest BCUT2D eigenvalue weighted by atomic mass is 35.5. The Morgan fingerprint density at radius 1 is 1.21 bits per heavy atom. The molecule has 1 aromatic carbocycles. The third kappa shape index (κ3) is 0.914. The Hall–Kier alpha value is -1.68. The first-order valence-corrected chi connectivity index (χ1v) is 4.53. The number of aromatic amines is 1. The van der Waals surface area contributed by atoms with E-state index in [4.69, 9.17) is 11.6 Å². The number of hydrogen-bond acceptors (Lipinski definition) is 2. The van der Waals surface area contributed by atoms with Crippen molar-refractivity contribution in [3.8, 4) is 0 Å². The van der Waals surface area contributed by atoms with Crippen LogP contribution in [0.4, 0.5) is 0 Å². The fourth-order valence-corrected chi connectivity index (χ4v) is 1.78. The van der Waals surface area contributed by atoms with Gasteiger partial charge in [0.15, 0.2) is 5.15 Å². The quantitative estimate of drug-likeness (QED) is 0.563. The Morgan fingerprint density at radius 3 is 2.86 bits per heavy atom. The van der Waals surface area contributed by atoms with Crippen molar-refractivity contribution >= 4 is 28.0 Å². The van der Waals surface area contributed by atoms with Crippen LogP contribution in [0.3, 0.4) is 0 Å². The third-order valence-electron chi connectivity index (χ3n) is 2.17. The van der Waals surface area contributed by atoms with E-state index in [1.165, 1.54) is 0 Å². The zero-order chi connectivity index (χ0) is 9.54. The Bertz CT molecular complexity index is 616. The average molecular weight is 206 g/mol. The molecule has 0 aliphatic rings. The van der Waals surface area contributed by atoms with Crippen molar-refractivity contribution in [3.63, 3.8) is 0 Å². The van der Waals surface area contributed by atoms with Crippen LogP contribution < -0.4 is 4.52 Å². The van der Waals surface area contributed by atoms with Crippen LogP contribution in [0.5, 0.6) is 0 Å². The summed E-state index contributed by atoms with van der Waals surface area (Å²) in [5.41, 5.74) is 0.852. The number of H-pyrrole nitrogens is 1. The van der Waals surface area contributed by atoms with Crippen LogP contribution in [0, 0.1) is 0 Å². The maximum Gasteiger partial charge on any atom is 0.289 e. The van der Waals surface area contributed by atoms with Gasteiger partial charge in [0.25, 0.3) is 12.0 Å². The van der Waals surface area contributed by atoms with Gasteiger partial charge < -0.3 is 0 Å². The standard InChI is InChI=1S/C9H5ClN4/c10-8-6-3-1-2-4-7(6)9-12-11-5-14(9)13-8/h1-5H/p+1. The molecule has 4 nitrogen and oxygen atoms in total. The Kier molecular flexibility index (Phi) is 1.46. The van der Waals surface area contributed by atoms with Gasteiger partial charge in [-0.05, 0) is 6.07 Å². The fourth-order valence-electron chi connectivity index (χ4n) is 1.53. The lowest BCUT2D eigenvalue weighted by Gasteiger charge is -1.96. The van der Waals surface area contributed by atoms with Crippen molar-refractivity contribution in [2.45, 2.75) is 0 Å². The molecule has 1 N–H and O–H groups in total. The van der Waals surface area contributed by atoms with E-state index in [9.17, 15) is 0 Å². The van der Waals surface area contributed by atoms with Crippen molar-refractivity contribution in [1.29, 1.82) is 0 Å². The monoisotopic (exact) mass is 205 g/mol. The number of halogens is 1. The summed E-state index contributed by atoms with van der Waals surface area (Å²) in [5.74, 6) is 0. The first kappa shape index (κ1) is 7.70. The molecule has 0 spiro atoms. The van der Waals surface area contributed by atoms with Gasteiger partial charge in [-0.2, -0.15) is 0 Å². The van der Waals surface area contributed by atoms with E-state index in [2.05, 4.69) is 15.3 Å². The molecule has 0 bridgehead atoms. The second-order valence-electron chi connectivity index (χ2n) is 2.99. The molecule has 0 amide bonds. The average Bonchev–Trinajstić information content (AvgIpc) is 2.66. The molecule has 0 unspecified atom stereocenters. The molecule has 0 aliphatic carbocycles. The molecule has 0 aliphatic heterocycles. The van der Waals surface area contributed by atoms with E-state index in [0.29, 0.717) is 5.15 Å². The first-order chi connectivity index (χ1) is 6.86. The maximum absolute atomic E-state index is 6.02. The molecule has 0 radical (unpaired) electrons. The van der Waals surface area contributed by atoms with Crippen molar-refractivity contribution in [2.24, 2.45) is 0 Å². The highest BCUT2D eigenvalue weighted by Gasteiger charge is 2.11. The molecule has 0 atom stereocenters. The zero-order valence-corrected chi connectivity index (χ0v) is 7.86. The molecule has 0 saturated heterocycles. The summed E-state index contributed by atoms with van der Waals surface area (Å²) < 4.78 is 1.63. The highest BCUT2D eigenvalue weighted by molar-refractivity contribution is 6.34. The molecular weight excluding hydrogens is 200 g/mol. The number of hydrogen-bond donors (Lipinski definition) is 1. The van der Waals surface area contributed by atoms with Crippen LogP contribution >= 0.6 is 11.6 Å².